The molecular weight excluding hydrogens is 234 g/mol. The number of hydrogen-bond donors (Lipinski definition) is 0. The van der Waals surface area contributed by atoms with Gasteiger partial charge in [-0.05, 0) is 23.1 Å². The summed E-state index contributed by atoms with van der Waals surface area (Å²) < 4.78 is 0. The molecule has 0 radical (unpaired) electrons. The van der Waals surface area contributed by atoms with Gasteiger partial charge in [0.2, 0.25) is 0 Å². The Labute approximate surface area is 113 Å². The van der Waals surface area contributed by atoms with Crippen LogP contribution in [0.1, 0.15) is 47.2 Å². The minimum absolute atomic E-state index is 0.0777. The van der Waals surface area contributed by atoms with Crippen LogP contribution >= 0.6 is 0 Å². The number of aromatic nitrogens is 1. The van der Waals surface area contributed by atoms with Gasteiger partial charge >= 0.3 is 0 Å². The van der Waals surface area contributed by atoms with Crippen LogP contribution in [-0.4, -0.2) is 10.8 Å². The molecule has 19 heavy (non-hydrogen) atoms. The summed E-state index contributed by atoms with van der Waals surface area (Å²) in [5, 5.41) is 0. The van der Waals surface area contributed by atoms with E-state index < -0.39 is 0 Å². The molecular formula is C17H17NO. The Morgan fingerprint density at radius 3 is 2.58 bits per heavy atom. The van der Waals surface area contributed by atoms with Gasteiger partial charge in [0, 0.05) is 23.9 Å². The van der Waals surface area contributed by atoms with Crippen LogP contribution in [0.4, 0.5) is 0 Å². The molecule has 1 aliphatic carbocycles. The van der Waals surface area contributed by atoms with Gasteiger partial charge in [-0.25, -0.2) is 0 Å². The fourth-order valence-corrected chi connectivity index (χ4v) is 3.18. The molecule has 1 aromatic carbocycles. The molecule has 1 aliphatic rings. The Morgan fingerprint density at radius 2 is 1.89 bits per heavy atom. The minimum Gasteiger partial charge on any atom is -0.293 e. The fourth-order valence-electron chi connectivity index (χ4n) is 3.18. The molecule has 0 amide bonds. The normalized spacial score (nSPS) is 21.7. The first-order valence-corrected chi connectivity index (χ1v) is 6.73. The van der Waals surface area contributed by atoms with Crippen molar-refractivity contribution in [2.45, 2.75) is 25.7 Å². The first kappa shape index (κ1) is 12.1. The number of hydrogen-bond acceptors (Lipinski definition) is 2. The number of nitrogens with zero attached hydrogens (tertiary/aromatic N) is 1. The Kier molecular flexibility index (Phi) is 2.94. The lowest BCUT2D eigenvalue weighted by molar-refractivity contribution is 0.0958. The molecule has 0 aliphatic heterocycles. The zero-order chi connectivity index (χ0) is 13.4. The van der Waals surface area contributed by atoms with Crippen LogP contribution < -0.4 is 0 Å². The summed E-state index contributed by atoms with van der Waals surface area (Å²) in [4.78, 5) is 16.9. The van der Waals surface area contributed by atoms with E-state index in [2.05, 4.69) is 24.9 Å². The number of fused-ring (bicyclic) bond motifs is 1. The average molecular weight is 251 g/mol. The van der Waals surface area contributed by atoms with E-state index in [1.165, 1.54) is 5.56 Å². The van der Waals surface area contributed by atoms with Crippen molar-refractivity contribution in [1.29, 1.82) is 0 Å². The van der Waals surface area contributed by atoms with Crippen LogP contribution in [-0.2, 0) is 0 Å². The summed E-state index contributed by atoms with van der Waals surface area (Å²) in [6.07, 6.45) is 3.57. The third-order valence-electron chi connectivity index (χ3n) is 3.99. The Balaban J connectivity index is 2.14. The molecule has 2 nitrogen and oxygen atoms in total. The molecule has 2 heteroatoms. The van der Waals surface area contributed by atoms with Crippen LogP contribution in [0, 0.1) is 5.92 Å². The summed E-state index contributed by atoms with van der Waals surface area (Å²) >= 11 is 0. The quantitative estimate of drug-likeness (QED) is 0.812. The average Bonchev–Trinajstić information content (AvgIpc) is 2.74. The predicted octanol–water partition coefficient (Wildman–Crippen LogP) is 3.80. The molecule has 0 saturated heterocycles. The smallest absolute Gasteiger partial charge is 0.171 e. The third-order valence-corrected chi connectivity index (χ3v) is 3.99. The van der Waals surface area contributed by atoms with E-state index in [0.717, 1.165) is 11.1 Å². The second-order valence-electron chi connectivity index (χ2n) is 5.49. The molecule has 0 spiro atoms. The van der Waals surface area contributed by atoms with Crippen LogP contribution in [0.15, 0.2) is 48.8 Å². The van der Waals surface area contributed by atoms with Crippen LogP contribution in [0.3, 0.4) is 0 Å². The van der Waals surface area contributed by atoms with Crippen LogP contribution in [0.5, 0.6) is 0 Å². The SMILES string of the molecule is CC(C)[C@@H]1c2ccccc2C(=O)[C@H]1c1cccnc1. The number of benzene rings is 1. The van der Waals surface area contributed by atoms with Gasteiger partial charge in [-0.1, -0.05) is 44.2 Å². The molecule has 0 fully saturated rings. The highest BCUT2D eigenvalue weighted by Crippen LogP contribution is 2.47. The van der Waals surface area contributed by atoms with E-state index >= 15 is 0 Å². The summed E-state index contributed by atoms with van der Waals surface area (Å²) in [7, 11) is 0. The monoisotopic (exact) mass is 251 g/mol. The zero-order valence-corrected chi connectivity index (χ0v) is 11.2. The van der Waals surface area contributed by atoms with E-state index in [1.807, 2.05) is 36.5 Å². The maximum Gasteiger partial charge on any atom is 0.171 e. The van der Waals surface area contributed by atoms with Crippen molar-refractivity contribution in [1.82, 2.24) is 4.98 Å². The van der Waals surface area contributed by atoms with Gasteiger partial charge in [0.15, 0.2) is 5.78 Å². The number of Topliss-reactive ketones (excluding diaryl/α,β-unsaturated/α-hetero) is 1. The van der Waals surface area contributed by atoms with Crippen molar-refractivity contribution in [3.63, 3.8) is 0 Å². The lowest BCUT2D eigenvalue weighted by atomic mass is 9.80. The lowest BCUT2D eigenvalue weighted by Gasteiger charge is -2.23. The summed E-state index contributed by atoms with van der Waals surface area (Å²) in [6, 6.07) is 11.9. The molecule has 1 heterocycles. The van der Waals surface area contributed by atoms with Gasteiger partial charge in [0.05, 0.1) is 5.92 Å². The van der Waals surface area contributed by atoms with Gasteiger partial charge in [0.25, 0.3) is 0 Å². The Morgan fingerprint density at radius 1 is 1.11 bits per heavy atom. The molecule has 96 valence electrons. The third kappa shape index (κ3) is 1.88. The highest BCUT2D eigenvalue weighted by molar-refractivity contribution is 6.06. The summed E-state index contributed by atoms with van der Waals surface area (Å²) in [6.45, 7) is 4.37. The minimum atomic E-state index is -0.0777. The topological polar surface area (TPSA) is 30.0 Å². The van der Waals surface area contributed by atoms with Gasteiger partial charge in [-0.2, -0.15) is 0 Å². The lowest BCUT2D eigenvalue weighted by Crippen LogP contribution is -2.16. The zero-order valence-electron chi connectivity index (χ0n) is 11.2. The van der Waals surface area contributed by atoms with Crippen molar-refractivity contribution < 1.29 is 4.79 Å². The first-order chi connectivity index (χ1) is 9.20. The molecule has 2 aromatic rings. The molecule has 1 aromatic heterocycles. The van der Waals surface area contributed by atoms with E-state index in [4.69, 9.17) is 0 Å². The molecule has 2 atom stereocenters. The van der Waals surface area contributed by atoms with E-state index in [1.54, 1.807) is 6.20 Å². The Bertz CT molecular complexity index is 604. The van der Waals surface area contributed by atoms with Crippen molar-refractivity contribution in [3.05, 3.63) is 65.5 Å². The molecule has 3 rings (SSSR count). The highest BCUT2D eigenvalue weighted by Gasteiger charge is 2.41. The van der Waals surface area contributed by atoms with Gasteiger partial charge in [0.1, 0.15) is 0 Å². The fraction of sp³-hybridized carbons (Fsp3) is 0.294. The first-order valence-electron chi connectivity index (χ1n) is 6.73. The van der Waals surface area contributed by atoms with Crippen molar-refractivity contribution >= 4 is 5.78 Å². The van der Waals surface area contributed by atoms with Crippen molar-refractivity contribution in [3.8, 4) is 0 Å². The molecule has 0 saturated carbocycles. The van der Waals surface area contributed by atoms with Crippen molar-refractivity contribution in [2.75, 3.05) is 0 Å². The van der Waals surface area contributed by atoms with Crippen LogP contribution in [0.25, 0.3) is 0 Å². The summed E-state index contributed by atoms with van der Waals surface area (Å²) in [5.41, 5.74) is 3.11. The van der Waals surface area contributed by atoms with Crippen molar-refractivity contribution in [2.24, 2.45) is 5.92 Å². The number of carbonyl (C=O) groups excluding carboxylic acids is 1. The number of rotatable bonds is 2. The van der Waals surface area contributed by atoms with Crippen LogP contribution in [0.2, 0.25) is 0 Å². The van der Waals surface area contributed by atoms with Gasteiger partial charge in [-0.3, -0.25) is 9.78 Å². The Hall–Kier alpha value is -1.96. The predicted molar refractivity (Wildman–Crippen MR) is 75.3 cm³/mol. The maximum atomic E-state index is 12.7. The number of ketones is 1. The second kappa shape index (κ2) is 4.61. The van der Waals surface area contributed by atoms with E-state index in [-0.39, 0.29) is 17.6 Å². The molecule has 0 unspecified atom stereocenters. The summed E-state index contributed by atoms with van der Waals surface area (Å²) in [5.74, 6) is 0.846. The van der Waals surface area contributed by atoms with E-state index in [0.29, 0.717) is 5.92 Å². The largest absolute Gasteiger partial charge is 0.293 e. The standard InChI is InChI=1S/C17H17NO/c1-11(2)15-13-7-3-4-8-14(13)17(19)16(15)12-6-5-9-18-10-12/h3-11,15-16H,1-2H3/t15-,16+/m1/s1. The van der Waals surface area contributed by atoms with Gasteiger partial charge in [-0.15, -0.1) is 0 Å². The molecule has 0 bridgehead atoms. The van der Waals surface area contributed by atoms with Gasteiger partial charge < -0.3 is 0 Å². The number of carbonyl (C=O) groups is 1. The number of pyridine rings is 1. The molecule has 0 N–H and O–H groups in total. The highest BCUT2D eigenvalue weighted by atomic mass is 16.1. The van der Waals surface area contributed by atoms with E-state index in [9.17, 15) is 4.79 Å². The second-order valence-corrected chi connectivity index (χ2v) is 5.49. The maximum absolute atomic E-state index is 12.7.